The first kappa shape index (κ1) is 13.9. The molecule has 21 heavy (non-hydrogen) atoms. The maximum absolute atomic E-state index is 13.8. The van der Waals surface area contributed by atoms with Crippen LogP contribution < -0.4 is 4.74 Å². The highest BCUT2D eigenvalue weighted by Crippen LogP contribution is 2.29. The number of phenols is 1. The molecule has 0 amide bonds. The number of hydrogen-bond acceptors (Lipinski definition) is 3. The monoisotopic (exact) mass is 288 g/mol. The number of hydrogen-bond donors (Lipinski definition) is 2. The lowest BCUT2D eigenvalue weighted by Crippen LogP contribution is -2.25. The molecule has 0 aliphatic heterocycles. The van der Waals surface area contributed by atoms with Gasteiger partial charge in [-0.15, -0.1) is 0 Å². The van der Waals surface area contributed by atoms with E-state index in [1.54, 1.807) is 30.3 Å². The number of aliphatic hydroxyl groups excluding tert-OH is 1. The van der Waals surface area contributed by atoms with E-state index in [-0.39, 0.29) is 11.9 Å². The zero-order chi connectivity index (χ0) is 14.8. The van der Waals surface area contributed by atoms with Crippen LogP contribution >= 0.6 is 0 Å². The lowest BCUT2D eigenvalue weighted by Gasteiger charge is -2.17. The Balaban J connectivity index is 1.77. The summed E-state index contributed by atoms with van der Waals surface area (Å²) in [5, 5.41) is 19.0. The van der Waals surface area contributed by atoms with Gasteiger partial charge in [-0.1, -0.05) is 12.1 Å². The summed E-state index contributed by atoms with van der Waals surface area (Å²) in [6.07, 6.45) is 2.06. The number of rotatable bonds is 3. The second-order valence-corrected chi connectivity index (χ2v) is 5.34. The average molecular weight is 288 g/mol. The molecule has 2 atom stereocenters. The topological polar surface area (TPSA) is 49.7 Å². The van der Waals surface area contributed by atoms with Gasteiger partial charge in [-0.3, -0.25) is 0 Å². The third kappa shape index (κ3) is 3.00. The molecule has 0 saturated heterocycles. The Bertz CT molecular complexity index is 624. The van der Waals surface area contributed by atoms with Gasteiger partial charge in [0.1, 0.15) is 23.4 Å². The Morgan fingerprint density at radius 1 is 1.05 bits per heavy atom. The van der Waals surface area contributed by atoms with Crippen LogP contribution in [0.3, 0.4) is 0 Å². The maximum Gasteiger partial charge on any atom is 0.134 e. The molecule has 0 heterocycles. The van der Waals surface area contributed by atoms with E-state index in [0.717, 1.165) is 25.3 Å². The first-order chi connectivity index (χ1) is 10.1. The van der Waals surface area contributed by atoms with Crippen molar-refractivity contribution in [3.05, 3.63) is 48.3 Å². The van der Waals surface area contributed by atoms with Gasteiger partial charge in [-0.25, -0.2) is 4.39 Å². The summed E-state index contributed by atoms with van der Waals surface area (Å²) in [4.78, 5) is 0. The Morgan fingerprint density at radius 3 is 2.43 bits per heavy atom. The van der Waals surface area contributed by atoms with E-state index in [1.807, 2.05) is 0 Å². The van der Waals surface area contributed by atoms with Crippen molar-refractivity contribution in [2.24, 2.45) is 0 Å². The predicted octanol–water partition coefficient (Wildman–Crippen LogP) is 3.49. The summed E-state index contributed by atoms with van der Waals surface area (Å²) in [5.74, 6) is 0.116. The predicted molar refractivity (Wildman–Crippen MR) is 77.8 cm³/mol. The first-order valence-electron chi connectivity index (χ1n) is 7.07. The van der Waals surface area contributed by atoms with Crippen LogP contribution in [0.5, 0.6) is 11.5 Å². The van der Waals surface area contributed by atoms with Crippen LogP contribution in [0.4, 0.5) is 4.39 Å². The number of phenolic OH excluding ortho intramolecular Hbond substituents is 1. The van der Waals surface area contributed by atoms with Crippen molar-refractivity contribution in [1.82, 2.24) is 0 Å². The van der Waals surface area contributed by atoms with Gasteiger partial charge < -0.3 is 14.9 Å². The van der Waals surface area contributed by atoms with E-state index in [1.165, 1.54) is 6.07 Å². The van der Waals surface area contributed by atoms with Crippen LogP contribution in [0.2, 0.25) is 0 Å². The molecule has 2 aromatic carbocycles. The fourth-order valence-corrected chi connectivity index (χ4v) is 2.67. The molecular weight excluding hydrogens is 271 g/mol. The first-order valence-corrected chi connectivity index (χ1v) is 7.07. The standard InChI is InChI=1S/C17H17FO3/c18-15-10-12(19)6-9-14(15)11-4-7-13(8-5-11)21-17-3-1-2-16(17)20/h4-10,16-17,19-20H,1-3H2. The molecule has 3 nitrogen and oxygen atoms in total. The van der Waals surface area contributed by atoms with Crippen molar-refractivity contribution < 1.29 is 19.3 Å². The molecule has 1 saturated carbocycles. The van der Waals surface area contributed by atoms with Crippen LogP contribution in [0, 0.1) is 5.82 Å². The normalized spacial score (nSPS) is 21.4. The van der Waals surface area contributed by atoms with Gasteiger partial charge in [0.2, 0.25) is 0 Å². The fraction of sp³-hybridized carbons (Fsp3) is 0.294. The van der Waals surface area contributed by atoms with Gasteiger partial charge in [-0.05, 0) is 49.1 Å². The number of ether oxygens (including phenoxy) is 1. The Morgan fingerprint density at radius 2 is 1.81 bits per heavy atom. The number of benzene rings is 2. The molecule has 3 rings (SSSR count). The minimum Gasteiger partial charge on any atom is -0.508 e. The zero-order valence-corrected chi connectivity index (χ0v) is 11.5. The Kier molecular flexibility index (Phi) is 3.80. The van der Waals surface area contributed by atoms with Gasteiger partial charge in [0.15, 0.2) is 0 Å². The highest BCUT2D eigenvalue weighted by atomic mass is 19.1. The molecule has 2 N–H and O–H groups in total. The minimum absolute atomic E-state index is 0.0913. The van der Waals surface area contributed by atoms with E-state index >= 15 is 0 Å². The fourth-order valence-electron chi connectivity index (χ4n) is 2.67. The van der Waals surface area contributed by atoms with Gasteiger partial charge in [0.05, 0.1) is 6.10 Å². The summed E-state index contributed by atoms with van der Waals surface area (Å²) in [5.41, 5.74) is 1.15. The van der Waals surface area contributed by atoms with Gasteiger partial charge in [-0.2, -0.15) is 0 Å². The van der Waals surface area contributed by atoms with Gasteiger partial charge in [0.25, 0.3) is 0 Å². The molecule has 0 spiro atoms. The van der Waals surface area contributed by atoms with Crippen molar-refractivity contribution in [3.8, 4) is 22.6 Å². The molecule has 2 unspecified atom stereocenters. The average Bonchev–Trinajstić information content (AvgIpc) is 2.86. The number of halogens is 1. The Hall–Kier alpha value is -2.07. The SMILES string of the molecule is Oc1ccc(-c2ccc(OC3CCCC3O)cc2)c(F)c1. The maximum atomic E-state index is 13.8. The molecule has 110 valence electrons. The molecule has 1 aliphatic rings. The van der Waals surface area contributed by atoms with Crippen LogP contribution in [-0.4, -0.2) is 22.4 Å². The zero-order valence-electron chi connectivity index (χ0n) is 11.5. The molecule has 1 fully saturated rings. The molecule has 1 aliphatic carbocycles. The van der Waals surface area contributed by atoms with Crippen molar-refractivity contribution in [3.63, 3.8) is 0 Å². The minimum atomic E-state index is -0.463. The molecular formula is C17H17FO3. The van der Waals surface area contributed by atoms with E-state index in [2.05, 4.69) is 0 Å². The van der Waals surface area contributed by atoms with Crippen LogP contribution in [0.15, 0.2) is 42.5 Å². The number of aromatic hydroxyl groups is 1. The van der Waals surface area contributed by atoms with Crippen LogP contribution in [-0.2, 0) is 0 Å². The highest BCUT2D eigenvalue weighted by molar-refractivity contribution is 5.65. The van der Waals surface area contributed by atoms with Gasteiger partial charge >= 0.3 is 0 Å². The van der Waals surface area contributed by atoms with Crippen molar-refractivity contribution >= 4 is 0 Å². The van der Waals surface area contributed by atoms with Gasteiger partial charge in [0, 0.05) is 11.6 Å². The largest absolute Gasteiger partial charge is 0.508 e. The third-order valence-electron chi connectivity index (χ3n) is 3.82. The second-order valence-electron chi connectivity index (χ2n) is 5.34. The molecule has 0 bridgehead atoms. The van der Waals surface area contributed by atoms with Crippen molar-refractivity contribution in [2.75, 3.05) is 0 Å². The lowest BCUT2D eigenvalue weighted by atomic mass is 10.0. The van der Waals surface area contributed by atoms with E-state index in [4.69, 9.17) is 4.74 Å². The summed E-state index contributed by atoms with van der Waals surface area (Å²) < 4.78 is 19.5. The third-order valence-corrected chi connectivity index (χ3v) is 3.82. The van der Waals surface area contributed by atoms with Crippen LogP contribution in [0.1, 0.15) is 19.3 Å². The van der Waals surface area contributed by atoms with Crippen molar-refractivity contribution in [2.45, 2.75) is 31.5 Å². The quantitative estimate of drug-likeness (QED) is 0.909. The molecule has 2 aromatic rings. The van der Waals surface area contributed by atoms with Crippen molar-refractivity contribution in [1.29, 1.82) is 0 Å². The lowest BCUT2D eigenvalue weighted by molar-refractivity contribution is 0.0604. The smallest absolute Gasteiger partial charge is 0.134 e. The van der Waals surface area contributed by atoms with E-state index in [9.17, 15) is 14.6 Å². The summed E-state index contributed by atoms with van der Waals surface area (Å²) in [7, 11) is 0. The summed E-state index contributed by atoms with van der Waals surface area (Å²) in [6, 6.07) is 11.2. The molecule has 4 heteroatoms. The summed E-state index contributed by atoms with van der Waals surface area (Å²) in [6.45, 7) is 0. The van der Waals surface area contributed by atoms with E-state index in [0.29, 0.717) is 16.9 Å². The Labute approximate surface area is 122 Å². The second kappa shape index (κ2) is 5.74. The highest BCUT2D eigenvalue weighted by Gasteiger charge is 2.26. The number of aliphatic hydroxyl groups is 1. The molecule has 0 aromatic heterocycles. The van der Waals surface area contributed by atoms with E-state index < -0.39 is 11.9 Å². The summed E-state index contributed by atoms with van der Waals surface area (Å²) >= 11 is 0. The molecule has 0 radical (unpaired) electrons. The van der Waals surface area contributed by atoms with Crippen LogP contribution in [0.25, 0.3) is 11.1 Å².